The van der Waals surface area contributed by atoms with Crippen LogP contribution >= 0.6 is 11.8 Å². The third kappa shape index (κ3) is 5.03. The third-order valence-corrected chi connectivity index (χ3v) is 7.07. The number of urea groups is 1. The number of primary amides is 1. The summed E-state index contributed by atoms with van der Waals surface area (Å²) in [5.41, 5.74) is 7.11. The van der Waals surface area contributed by atoms with Crippen molar-refractivity contribution >= 4 is 47.5 Å². The standard InChI is InChI=1S/C22H25N7O3S/c23-22(32)27-15(11-30)7-13-10-25-29-19(26-14-3-4-14)8-16(28-20(13)29)17-5-6-18(33-17)21(31)24-9-12-1-2-12/h6-8,10-12,14,17,26H,1-5,9H2,(H,24,31)(H3,23,27,32)/b15-7-. The highest BCUT2D eigenvalue weighted by molar-refractivity contribution is 8.04. The Morgan fingerprint density at radius 2 is 2.09 bits per heavy atom. The molecule has 2 aromatic rings. The molecule has 0 radical (unpaired) electrons. The number of carbonyl (C=O) groups excluding carboxylic acids is 3. The van der Waals surface area contributed by atoms with Crippen molar-refractivity contribution in [2.24, 2.45) is 11.7 Å². The zero-order chi connectivity index (χ0) is 22.9. The fourth-order valence-corrected chi connectivity index (χ4v) is 4.76. The summed E-state index contributed by atoms with van der Waals surface area (Å²) in [7, 11) is 0. The smallest absolute Gasteiger partial charge is 0.316 e. The molecule has 3 aliphatic rings. The number of nitrogens with two attached hydrogens (primary N) is 1. The van der Waals surface area contributed by atoms with Crippen LogP contribution in [0, 0.1) is 5.92 Å². The maximum absolute atomic E-state index is 12.5. The van der Waals surface area contributed by atoms with Gasteiger partial charge in [0.2, 0.25) is 0 Å². The molecule has 0 bridgehead atoms. The average molecular weight is 468 g/mol. The molecule has 2 fully saturated rings. The van der Waals surface area contributed by atoms with E-state index in [9.17, 15) is 14.4 Å². The Morgan fingerprint density at radius 1 is 1.27 bits per heavy atom. The minimum atomic E-state index is -0.824. The first-order valence-corrected chi connectivity index (χ1v) is 11.9. The summed E-state index contributed by atoms with van der Waals surface area (Å²) in [5, 5.41) is 13.2. The molecule has 10 nitrogen and oxygen atoms in total. The monoisotopic (exact) mass is 467 g/mol. The summed E-state index contributed by atoms with van der Waals surface area (Å²) < 4.78 is 1.69. The van der Waals surface area contributed by atoms with Gasteiger partial charge >= 0.3 is 6.03 Å². The van der Waals surface area contributed by atoms with Gasteiger partial charge in [-0.2, -0.15) is 9.61 Å². The van der Waals surface area contributed by atoms with Gasteiger partial charge in [0.05, 0.1) is 27.7 Å². The van der Waals surface area contributed by atoms with Crippen molar-refractivity contribution in [2.75, 3.05) is 11.9 Å². The predicted molar refractivity (Wildman–Crippen MR) is 125 cm³/mol. The lowest BCUT2D eigenvalue weighted by Gasteiger charge is -2.14. The van der Waals surface area contributed by atoms with Crippen molar-refractivity contribution in [1.82, 2.24) is 25.2 Å². The van der Waals surface area contributed by atoms with E-state index < -0.39 is 6.03 Å². The number of hydrogen-bond donors (Lipinski definition) is 4. The van der Waals surface area contributed by atoms with Gasteiger partial charge in [0.1, 0.15) is 5.82 Å². The molecular weight excluding hydrogens is 442 g/mol. The second-order valence-corrected chi connectivity index (χ2v) is 9.84. The summed E-state index contributed by atoms with van der Waals surface area (Å²) >= 11 is 1.51. The van der Waals surface area contributed by atoms with Crippen molar-refractivity contribution in [3.05, 3.63) is 40.2 Å². The summed E-state index contributed by atoms with van der Waals surface area (Å²) in [6.07, 6.45) is 10.8. The SMILES string of the molecule is NC(=O)N/C(C=O)=C\c1cnn2c(NC3CC3)cc(C3CC=C(C(=O)NCC4CC4)S3)nc12. The molecule has 2 aromatic heterocycles. The van der Waals surface area contributed by atoms with Gasteiger partial charge in [0, 0.05) is 24.2 Å². The molecule has 2 saturated carbocycles. The van der Waals surface area contributed by atoms with Crippen LogP contribution in [0.25, 0.3) is 11.7 Å². The molecular formula is C22H25N7O3S. The number of fused-ring (bicyclic) bond motifs is 1. The van der Waals surface area contributed by atoms with Crippen LogP contribution in [0.2, 0.25) is 0 Å². The van der Waals surface area contributed by atoms with Gasteiger partial charge in [-0.25, -0.2) is 9.78 Å². The molecule has 1 atom stereocenters. The fraction of sp³-hybridized carbons (Fsp3) is 0.409. The van der Waals surface area contributed by atoms with Crippen LogP contribution in [0.5, 0.6) is 0 Å². The van der Waals surface area contributed by atoms with Crippen molar-refractivity contribution in [2.45, 2.75) is 43.4 Å². The van der Waals surface area contributed by atoms with Gasteiger partial charge in [0.15, 0.2) is 11.9 Å². The molecule has 1 unspecified atom stereocenters. The molecule has 2 aliphatic carbocycles. The molecule has 0 aromatic carbocycles. The number of allylic oxidation sites excluding steroid dienone is 2. The highest BCUT2D eigenvalue weighted by Crippen LogP contribution is 2.44. The van der Waals surface area contributed by atoms with Crippen molar-refractivity contribution in [3.63, 3.8) is 0 Å². The number of amides is 3. The lowest BCUT2D eigenvalue weighted by Crippen LogP contribution is -2.29. The van der Waals surface area contributed by atoms with Crippen LogP contribution in [0.15, 0.2) is 28.9 Å². The molecule has 5 N–H and O–H groups in total. The van der Waals surface area contributed by atoms with E-state index in [1.165, 1.54) is 30.7 Å². The van der Waals surface area contributed by atoms with Gasteiger partial charge in [0.25, 0.3) is 5.91 Å². The second kappa shape index (κ2) is 8.89. The molecule has 0 spiro atoms. The Bertz CT molecular complexity index is 1180. The van der Waals surface area contributed by atoms with Gasteiger partial charge in [-0.15, -0.1) is 11.8 Å². The number of thioether (sulfide) groups is 1. The number of rotatable bonds is 9. The number of aldehydes is 1. The van der Waals surface area contributed by atoms with Crippen molar-refractivity contribution < 1.29 is 14.4 Å². The Labute approximate surface area is 194 Å². The van der Waals surface area contributed by atoms with E-state index in [0.717, 1.165) is 35.8 Å². The molecule has 3 heterocycles. The van der Waals surface area contributed by atoms with Gasteiger partial charge in [-0.1, -0.05) is 6.08 Å². The van der Waals surface area contributed by atoms with E-state index in [0.29, 0.717) is 35.9 Å². The lowest BCUT2D eigenvalue weighted by molar-refractivity contribution is -0.116. The summed E-state index contributed by atoms with van der Waals surface area (Å²) in [6.45, 7) is 0.741. The molecule has 33 heavy (non-hydrogen) atoms. The molecule has 1 aliphatic heterocycles. The Balaban J connectivity index is 1.42. The van der Waals surface area contributed by atoms with E-state index in [2.05, 4.69) is 21.0 Å². The summed E-state index contributed by atoms with van der Waals surface area (Å²) in [6, 6.07) is 1.55. The first kappa shape index (κ1) is 21.5. The number of anilines is 1. The zero-order valence-electron chi connectivity index (χ0n) is 17.9. The normalized spacial score (nSPS) is 20.4. The summed E-state index contributed by atoms with van der Waals surface area (Å²) in [5.74, 6) is 1.42. The number of nitrogens with one attached hydrogen (secondary N) is 3. The van der Waals surface area contributed by atoms with Crippen LogP contribution in [-0.2, 0) is 9.59 Å². The molecule has 11 heteroatoms. The molecule has 172 valence electrons. The minimum absolute atomic E-state index is 0.00237. The van der Waals surface area contributed by atoms with Crippen LogP contribution in [-0.4, -0.2) is 45.4 Å². The lowest BCUT2D eigenvalue weighted by atomic mass is 10.2. The fourth-order valence-electron chi connectivity index (χ4n) is 3.65. The summed E-state index contributed by atoms with van der Waals surface area (Å²) in [4.78, 5) is 40.6. The van der Waals surface area contributed by atoms with Crippen LogP contribution in [0.1, 0.15) is 48.6 Å². The highest BCUT2D eigenvalue weighted by atomic mass is 32.2. The van der Waals surface area contributed by atoms with Gasteiger partial charge in [-0.3, -0.25) is 9.59 Å². The van der Waals surface area contributed by atoms with E-state index in [1.807, 2.05) is 12.1 Å². The highest BCUT2D eigenvalue weighted by Gasteiger charge is 2.29. The van der Waals surface area contributed by atoms with E-state index in [-0.39, 0.29) is 16.9 Å². The maximum atomic E-state index is 12.5. The first-order valence-electron chi connectivity index (χ1n) is 11.0. The second-order valence-electron chi connectivity index (χ2n) is 8.59. The molecule has 3 amide bonds. The molecule has 0 saturated heterocycles. The zero-order valence-corrected chi connectivity index (χ0v) is 18.7. The quantitative estimate of drug-likeness (QED) is 0.327. The van der Waals surface area contributed by atoms with Gasteiger partial charge < -0.3 is 21.7 Å². The largest absolute Gasteiger partial charge is 0.367 e. The predicted octanol–water partition coefficient (Wildman–Crippen LogP) is 2.10. The number of nitrogens with zero attached hydrogens (tertiary/aromatic N) is 3. The number of aromatic nitrogens is 3. The van der Waals surface area contributed by atoms with Crippen molar-refractivity contribution in [1.29, 1.82) is 0 Å². The number of hydrogen-bond acceptors (Lipinski definition) is 7. The van der Waals surface area contributed by atoms with E-state index in [1.54, 1.807) is 10.7 Å². The van der Waals surface area contributed by atoms with Gasteiger partial charge in [-0.05, 0) is 44.1 Å². The molecule has 5 rings (SSSR count). The maximum Gasteiger partial charge on any atom is 0.316 e. The Kier molecular flexibility index (Phi) is 5.79. The Morgan fingerprint density at radius 3 is 2.79 bits per heavy atom. The Hall–Kier alpha value is -3.34. The van der Waals surface area contributed by atoms with Crippen molar-refractivity contribution in [3.8, 4) is 0 Å². The third-order valence-electron chi connectivity index (χ3n) is 5.74. The number of carbonyl (C=O) groups is 3. The topological polar surface area (TPSA) is 144 Å². The average Bonchev–Trinajstić information content (AvgIpc) is 3.71. The van der Waals surface area contributed by atoms with E-state index >= 15 is 0 Å². The van der Waals surface area contributed by atoms with Crippen LogP contribution < -0.4 is 21.7 Å². The first-order chi connectivity index (χ1) is 16.0. The van der Waals surface area contributed by atoms with Crippen LogP contribution in [0.3, 0.4) is 0 Å². The minimum Gasteiger partial charge on any atom is -0.367 e. The van der Waals surface area contributed by atoms with Crippen LogP contribution in [0.4, 0.5) is 10.6 Å². The van der Waals surface area contributed by atoms with E-state index in [4.69, 9.17) is 10.7 Å².